The number of fused-ring (bicyclic) bond motifs is 1. The molecule has 4 rings (SSSR count). The maximum atomic E-state index is 12.5. The summed E-state index contributed by atoms with van der Waals surface area (Å²) in [5.41, 5.74) is 2.75. The highest BCUT2D eigenvalue weighted by Gasteiger charge is 2.18. The van der Waals surface area contributed by atoms with Gasteiger partial charge in [0.05, 0.1) is 21.8 Å². The number of nitrogens with zero attached hydrogens (tertiary/aromatic N) is 3. The summed E-state index contributed by atoms with van der Waals surface area (Å²) in [7, 11) is 0. The number of aryl methyl sites for hydroxylation is 1. The Hall–Kier alpha value is -3.02. The minimum Gasteiger partial charge on any atom is -0.348 e. The summed E-state index contributed by atoms with van der Waals surface area (Å²) in [6.07, 6.45) is 0.942. The third kappa shape index (κ3) is 3.89. The van der Waals surface area contributed by atoms with Gasteiger partial charge in [0.25, 0.3) is 5.91 Å². The van der Waals surface area contributed by atoms with Crippen LogP contribution < -0.4 is 16.0 Å². The maximum absolute atomic E-state index is 12.5. The highest BCUT2D eigenvalue weighted by Crippen LogP contribution is 2.28. The van der Waals surface area contributed by atoms with Crippen LogP contribution in [0.5, 0.6) is 0 Å². The molecule has 3 aromatic rings. The summed E-state index contributed by atoms with van der Waals surface area (Å²) >= 11 is 1.45. The Kier molecular flexibility index (Phi) is 4.71. The van der Waals surface area contributed by atoms with Crippen molar-refractivity contribution in [2.75, 3.05) is 18.4 Å². The molecule has 7 nitrogen and oxygen atoms in total. The molecular weight excluding hydrogens is 360 g/mol. The van der Waals surface area contributed by atoms with Gasteiger partial charge in [-0.25, -0.2) is 9.97 Å². The predicted molar refractivity (Wildman–Crippen MR) is 105 cm³/mol. The fourth-order valence-electron chi connectivity index (χ4n) is 3.07. The number of thiazole rings is 1. The van der Waals surface area contributed by atoms with Crippen molar-refractivity contribution in [2.24, 2.45) is 0 Å². The van der Waals surface area contributed by atoms with Crippen LogP contribution >= 0.6 is 11.3 Å². The summed E-state index contributed by atoms with van der Waals surface area (Å²) < 4.78 is 0.927. The van der Waals surface area contributed by atoms with E-state index in [1.807, 2.05) is 19.1 Å². The smallest absolute Gasteiger partial charge is 0.251 e. The van der Waals surface area contributed by atoms with E-state index in [2.05, 4.69) is 32.0 Å². The number of nitriles is 1. The lowest BCUT2D eigenvalue weighted by Gasteiger charge is -2.12. The average Bonchev–Trinajstić information content (AvgIpc) is 3.29. The zero-order valence-corrected chi connectivity index (χ0v) is 15.6. The quantitative estimate of drug-likeness (QED) is 0.645. The molecule has 136 valence electrons. The van der Waals surface area contributed by atoms with Gasteiger partial charge in [0.15, 0.2) is 5.13 Å². The molecule has 1 aromatic carbocycles. The molecule has 0 radical (unpaired) electrons. The van der Waals surface area contributed by atoms with Crippen molar-refractivity contribution >= 4 is 38.4 Å². The van der Waals surface area contributed by atoms with Gasteiger partial charge < -0.3 is 16.0 Å². The molecule has 1 amide bonds. The zero-order chi connectivity index (χ0) is 18.8. The predicted octanol–water partition coefficient (Wildman–Crippen LogP) is 2.71. The highest BCUT2D eigenvalue weighted by atomic mass is 32.1. The van der Waals surface area contributed by atoms with Crippen molar-refractivity contribution < 1.29 is 4.79 Å². The van der Waals surface area contributed by atoms with E-state index < -0.39 is 0 Å². The fraction of sp³-hybridized carbons (Fsp3) is 0.263. The lowest BCUT2D eigenvalue weighted by molar-refractivity contribution is 0.0940. The average molecular weight is 378 g/mol. The molecule has 1 fully saturated rings. The molecule has 3 N–H and O–H groups in total. The molecule has 0 saturated carbocycles. The number of nitrogens with one attached hydrogen (secondary N) is 3. The molecule has 3 heterocycles. The highest BCUT2D eigenvalue weighted by molar-refractivity contribution is 7.22. The minimum atomic E-state index is -0.0970. The Morgan fingerprint density at radius 2 is 2.22 bits per heavy atom. The van der Waals surface area contributed by atoms with Crippen LogP contribution in [-0.2, 0) is 0 Å². The van der Waals surface area contributed by atoms with Crippen molar-refractivity contribution in [2.45, 2.75) is 19.4 Å². The summed E-state index contributed by atoms with van der Waals surface area (Å²) in [5, 5.41) is 19.2. The molecular formula is C19H18N6OS. The lowest BCUT2D eigenvalue weighted by atomic mass is 10.2. The lowest BCUT2D eigenvalue weighted by Crippen LogP contribution is -2.36. The number of amides is 1. The molecule has 0 unspecified atom stereocenters. The van der Waals surface area contributed by atoms with Gasteiger partial charge in [-0.3, -0.25) is 4.79 Å². The summed E-state index contributed by atoms with van der Waals surface area (Å²) in [6, 6.07) is 11.2. The Labute approximate surface area is 160 Å². The monoisotopic (exact) mass is 378 g/mol. The van der Waals surface area contributed by atoms with Crippen molar-refractivity contribution in [3.05, 3.63) is 47.2 Å². The Morgan fingerprint density at radius 1 is 1.33 bits per heavy atom. The third-order valence-electron chi connectivity index (χ3n) is 4.36. The van der Waals surface area contributed by atoms with Crippen LogP contribution in [0.2, 0.25) is 0 Å². The standard InChI is InChI=1S/C19H18N6OS/c1-11-6-13(18(26)23-14-4-5-21-10-14)8-17(22-11)25-19-24-15-3-2-12(9-20)7-16(15)27-19/h2-3,6-8,14,21H,4-5,10H2,1H3,(H,23,26)(H,22,24,25)/t14-/m0/s1. The van der Waals surface area contributed by atoms with E-state index in [4.69, 9.17) is 5.26 Å². The topological polar surface area (TPSA) is 103 Å². The normalized spacial score (nSPS) is 16.2. The summed E-state index contributed by atoms with van der Waals surface area (Å²) in [4.78, 5) is 21.5. The maximum Gasteiger partial charge on any atom is 0.251 e. The third-order valence-corrected chi connectivity index (χ3v) is 5.30. The molecule has 1 atom stereocenters. The second-order valence-electron chi connectivity index (χ2n) is 6.48. The fourth-order valence-corrected chi connectivity index (χ4v) is 3.98. The molecule has 0 spiro atoms. The molecule has 1 saturated heterocycles. The van der Waals surface area contributed by atoms with Crippen LogP contribution in [0.15, 0.2) is 30.3 Å². The van der Waals surface area contributed by atoms with Gasteiger partial charge in [0, 0.05) is 23.8 Å². The van der Waals surface area contributed by atoms with Crippen LogP contribution in [0.4, 0.5) is 10.9 Å². The van der Waals surface area contributed by atoms with Crippen molar-refractivity contribution in [1.82, 2.24) is 20.6 Å². The number of carbonyl (C=O) groups is 1. The molecule has 1 aliphatic heterocycles. The first kappa shape index (κ1) is 17.4. The molecule has 8 heteroatoms. The number of benzene rings is 1. The van der Waals surface area contributed by atoms with Gasteiger partial charge in [0.1, 0.15) is 5.82 Å². The van der Waals surface area contributed by atoms with E-state index in [0.717, 1.165) is 35.4 Å². The number of carbonyl (C=O) groups excluding carboxylic acids is 1. The van der Waals surface area contributed by atoms with Gasteiger partial charge in [-0.15, -0.1) is 0 Å². The van der Waals surface area contributed by atoms with Crippen LogP contribution in [-0.4, -0.2) is 35.0 Å². The van der Waals surface area contributed by atoms with Crippen LogP contribution in [0, 0.1) is 18.3 Å². The van der Waals surface area contributed by atoms with Gasteiger partial charge in [-0.2, -0.15) is 5.26 Å². The van der Waals surface area contributed by atoms with Crippen molar-refractivity contribution in [3.8, 4) is 6.07 Å². The second-order valence-corrected chi connectivity index (χ2v) is 7.51. The Balaban J connectivity index is 1.56. The Morgan fingerprint density at radius 3 is 3.00 bits per heavy atom. The van der Waals surface area contributed by atoms with E-state index in [0.29, 0.717) is 22.1 Å². The number of pyridine rings is 1. The molecule has 2 aromatic heterocycles. The van der Waals surface area contributed by atoms with Crippen LogP contribution in [0.1, 0.15) is 28.0 Å². The van der Waals surface area contributed by atoms with E-state index >= 15 is 0 Å². The number of hydrogen-bond acceptors (Lipinski definition) is 7. The van der Waals surface area contributed by atoms with E-state index in [1.54, 1.807) is 18.2 Å². The first-order valence-electron chi connectivity index (χ1n) is 8.69. The first-order valence-corrected chi connectivity index (χ1v) is 9.50. The van der Waals surface area contributed by atoms with Gasteiger partial charge >= 0.3 is 0 Å². The molecule has 0 aliphatic carbocycles. The molecule has 1 aliphatic rings. The van der Waals surface area contributed by atoms with E-state index in [-0.39, 0.29) is 11.9 Å². The van der Waals surface area contributed by atoms with Gasteiger partial charge in [-0.1, -0.05) is 11.3 Å². The summed E-state index contributed by atoms with van der Waals surface area (Å²) in [6.45, 7) is 3.59. The number of rotatable bonds is 4. The molecule has 27 heavy (non-hydrogen) atoms. The van der Waals surface area contributed by atoms with Gasteiger partial charge in [0.2, 0.25) is 0 Å². The Bertz CT molecular complexity index is 1050. The van der Waals surface area contributed by atoms with Gasteiger partial charge in [-0.05, 0) is 50.2 Å². The van der Waals surface area contributed by atoms with Crippen molar-refractivity contribution in [3.63, 3.8) is 0 Å². The number of anilines is 2. The number of hydrogen-bond donors (Lipinski definition) is 3. The SMILES string of the molecule is Cc1cc(C(=O)N[C@H]2CCNC2)cc(Nc2nc3ccc(C#N)cc3s2)n1. The number of aromatic nitrogens is 2. The molecule has 0 bridgehead atoms. The van der Waals surface area contributed by atoms with Crippen LogP contribution in [0.25, 0.3) is 10.2 Å². The van der Waals surface area contributed by atoms with Crippen molar-refractivity contribution in [1.29, 1.82) is 5.26 Å². The largest absolute Gasteiger partial charge is 0.348 e. The van der Waals surface area contributed by atoms with Crippen LogP contribution in [0.3, 0.4) is 0 Å². The first-order chi connectivity index (χ1) is 13.1. The van der Waals surface area contributed by atoms with E-state index in [9.17, 15) is 4.79 Å². The summed E-state index contributed by atoms with van der Waals surface area (Å²) in [5.74, 6) is 0.476. The minimum absolute atomic E-state index is 0.0970. The van der Waals surface area contributed by atoms with E-state index in [1.165, 1.54) is 11.3 Å². The second kappa shape index (κ2) is 7.31. The zero-order valence-electron chi connectivity index (χ0n) is 14.7.